The first kappa shape index (κ1) is 18.0. The highest BCUT2D eigenvalue weighted by Crippen LogP contribution is 2.20. The molecule has 0 aliphatic carbocycles. The first-order valence-corrected chi connectivity index (χ1v) is 9.62. The van der Waals surface area contributed by atoms with Crippen LogP contribution in [0.5, 0.6) is 0 Å². The Morgan fingerprint density at radius 2 is 1.14 bits per heavy atom. The van der Waals surface area contributed by atoms with Crippen molar-refractivity contribution in [3.05, 3.63) is 120 Å². The van der Waals surface area contributed by atoms with Crippen molar-refractivity contribution < 1.29 is 4.79 Å². The van der Waals surface area contributed by atoms with Crippen LogP contribution >= 0.6 is 0 Å². The summed E-state index contributed by atoms with van der Waals surface area (Å²) in [5, 5.41) is 2.32. The summed E-state index contributed by atoms with van der Waals surface area (Å²) in [6.45, 7) is 1.22. The molecule has 0 atom stereocenters. The van der Waals surface area contributed by atoms with E-state index >= 15 is 0 Å². The van der Waals surface area contributed by atoms with Crippen LogP contribution in [-0.2, 0) is 24.3 Å². The molecule has 0 aromatic heterocycles. The van der Waals surface area contributed by atoms with Crippen LogP contribution in [0, 0.1) is 0 Å². The number of hydrogen-bond donors (Lipinski definition) is 0. The van der Waals surface area contributed by atoms with E-state index in [2.05, 4.69) is 48.5 Å². The fourth-order valence-corrected chi connectivity index (χ4v) is 3.56. The van der Waals surface area contributed by atoms with Crippen LogP contribution in [0.4, 0.5) is 0 Å². The standard InChI is InChI=1S/C26H23NO/c28-26(18-24-16-9-15-23-14-7-8-17-25(23)24)27(19-21-10-3-1-4-11-21)20-22-12-5-2-6-13-22/h1-17H,18-20H2. The van der Waals surface area contributed by atoms with Crippen molar-refractivity contribution in [1.82, 2.24) is 4.90 Å². The predicted molar refractivity (Wildman–Crippen MR) is 115 cm³/mol. The molecule has 4 aromatic rings. The minimum absolute atomic E-state index is 0.143. The van der Waals surface area contributed by atoms with Gasteiger partial charge in [-0.05, 0) is 27.5 Å². The molecule has 2 heteroatoms. The van der Waals surface area contributed by atoms with Crippen LogP contribution in [0.2, 0.25) is 0 Å². The molecular formula is C26H23NO. The van der Waals surface area contributed by atoms with Gasteiger partial charge in [0.1, 0.15) is 0 Å². The van der Waals surface area contributed by atoms with Gasteiger partial charge in [0.25, 0.3) is 0 Å². The van der Waals surface area contributed by atoms with Gasteiger partial charge in [0, 0.05) is 13.1 Å². The summed E-state index contributed by atoms with van der Waals surface area (Å²) in [5.41, 5.74) is 3.36. The fourth-order valence-electron chi connectivity index (χ4n) is 3.56. The predicted octanol–water partition coefficient (Wildman–Crippen LogP) is 5.61. The van der Waals surface area contributed by atoms with E-state index in [4.69, 9.17) is 0 Å². The highest BCUT2D eigenvalue weighted by atomic mass is 16.2. The van der Waals surface area contributed by atoms with E-state index < -0.39 is 0 Å². The lowest BCUT2D eigenvalue weighted by molar-refractivity contribution is -0.131. The van der Waals surface area contributed by atoms with E-state index in [0.717, 1.165) is 22.1 Å². The number of amides is 1. The van der Waals surface area contributed by atoms with E-state index in [1.165, 1.54) is 5.39 Å². The number of rotatable bonds is 6. The number of carbonyl (C=O) groups excluding carboxylic acids is 1. The van der Waals surface area contributed by atoms with Gasteiger partial charge in [-0.15, -0.1) is 0 Å². The summed E-state index contributed by atoms with van der Waals surface area (Å²) in [4.78, 5) is 15.2. The van der Waals surface area contributed by atoms with Gasteiger partial charge in [-0.1, -0.05) is 103 Å². The zero-order chi connectivity index (χ0) is 19.2. The maximum absolute atomic E-state index is 13.3. The lowest BCUT2D eigenvalue weighted by Gasteiger charge is -2.23. The third-order valence-corrected chi connectivity index (χ3v) is 5.01. The van der Waals surface area contributed by atoms with Crippen LogP contribution in [-0.4, -0.2) is 10.8 Å². The maximum Gasteiger partial charge on any atom is 0.227 e. The highest BCUT2D eigenvalue weighted by Gasteiger charge is 2.16. The van der Waals surface area contributed by atoms with Gasteiger partial charge in [-0.2, -0.15) is 0 Å². The first-order valence-electron chi connectivity index (χ1n) is 9.62. The van der Waals surface area contributed by atoms with E-state index in [-0.39, 0.29) is 5.91 Å². The lowest BCUT2D eigenvalue weighted by atomic mass is 10.0. The molecule has 0 saturated heterocycles. The Kier molecular flexibility index (Phi) is 5.48. The second-order valence-electron chi connectivity index (χ2n) is 7.04. The molecule has 1 amide bonds. The maximum atomic E-state index is 13.3. The molecule has 0 heterocycles. The third-order valence-electron chi connectivity index (χ3n) is 5.01. The molecule has 0 fully saturated rings. The lowest BCUT2D eigenvalue weighted by Crippen LogP contribution is -2.31. The van der Waals surface area contributed by atoms with Gasteiger partial charge in [-0.3, -0.25) is 4.79 Å². The minimum Gasteiger partial charge on any atom is -0.334 e. The van der Waals surface area contributed by atoms with Gasteiger partial charge in [0.15, 0.2) is 0 Å². The average molecular weight is 365 g/mol. The Hall–Kier alpha value is -3.39. The number of carbonyl (C=O) groups is 1. The Morgan fingerprint density at radius 3 is 1.79 bits per heavy atom. The molecule has 28 heavy (non-hydrogen) atoms. The minimum atomic E-state index is 0.143. The molecule has 0 N–H and O–H groups in total. The topological polar surface area (TPSA) is 20.3 Å². The smallest absolute Gasteiger partial charge is 0.227 e. The van der Waals surface area contributed by atoms with E-state index in [9.17, 15) is 4.79 Å². The molecule has 0 radical (unpaired) electrons. The van der Waals surface area contributed by atoms with E-state index in [1.807, 2.05) is 59.5 Å². The van der Waals surface area contributed by atoms with Gasteiger partial charge in [-0.25, -0.2) is 0 Å². The van der Waals surface area contributed by atoms with Crippen LogP contribution in [0.3, 0.4) is 0 Å². The first-order chi connectivity index (χ1) is 13.8. The summed E-state index contributed by atoms with van der Waals surface area (Å²) in [6, 6.07) is 34.8. The molecule has 4 rings (SSSR count). The quantitative estimate of drug-likeness (QED) is 0.435. The SMILES string of the molecule is O=C(Cc1cccc2ccccc12)N(Cc1ccccc1)Cc1ccccc1. The van der Waals surface area contributed by atoms with Crippen molar-refractivity contribution in [2.45, 2.75) is 19.5 Å². The zero-order valence-corrected chi connectivity index (χ0v) is 15.8. The molecule has 0 aliphatic heterocycles. The summed E-state index contributed by atoms with van der Waals surface area (Å²) in [5.74, 6) is 0.143. The Morgan fingerprint density at radius 1 is 0.607 bits per heavy atom. The van der Waals surface area contributed by atoms with Crippen LogP contribution in [0.25, 0.3) is 10.8 Å². The summed E-state index contributed by atoms with van der Waals surface area (Å²) in [7, 11) is 0. The molecule has 2 nitrogen and oxygen atoms in total. The summed E-state index contributed by atoms with van der Waals surface area (Å²) in [6.07, 6.45) is 0.404. The van der Waals surface area contributed by atoms with Crippen molar-refractivity contribution in [3.63, 3.8) is 0 Å². The molecule has 0 unspecified atom stereocenters. The Bertz CT molecular complexity index is 1010. The van der Waals surface area contributed by atoms with Gasteiger partial charge >= 0.3 is 0 Å². The molecule has 138 valence electrons. The monoisotopic (exact) mass is 365 g/mol. The largest absolute Gasteiger partial charge is 0.334 e. The summed E-state index contributed by atoms with van der Waals surface area (Å²) >= 11 is 0. The Labute approximate surface area is 166 Å². The molecule has 0 spiro atoms. The number of nitrogens with zero attached hydrogens (tertiary/aromatic N) is 1. The average Bonchev–Trinajstić information content (AvgIpc) is 2.75. The van der Waals surface area contributed by atoms with Gasteiger partial charge in [0.2, 0.25) is 5.91 Å². The van der Waals surface area contributed by atoms with Gasteiger partial charge < -0.3 is 4.90 Å². The van der Waals surface area contributed by atoms with E-state index in [1.54, 1.807) is 0 Å². The third kappa shape index (κ3) is 4.29. The number of hydrogen-bond acceptors (Lipinski definition) is 1. The van der Waals surface area contributed by atoms with Gasteiger partial charge in [0.05, 0.1) is 6.42 Å². The highest BCUT2D eigenvalue weighted by molar-refractivity contribution is 5.90. The molecular weight excluding hydrogens is 342 g/mol. The normalized spacial score (nSPS) is 10.7. The van der Waals surface area contributed by atoms with Crippen LogP contribution < -0.4 is 0 Å². The van der Waals surface area contributed by atoms with Crippen molar-refractivity contribution in [3.8, 4) is 0 Å². The van der Waals surface area contributed by atoms with Crippen molar-refractivity contribution >= 4 is 16.7 Å². The molecule has 0 bridgehead atoms. The number of fused-ring (bicyclic) bond motifs is 1. The second kappa shape index (κ2) is 8.53. The summed E-state index contributed by atoms with van der Waals surface area (Å²) < 4.78 is 0. The van der Waals surface area contributed by atoms with Crippen molar-refractivity contribution in [1.29, 1.82) is 0 Å². The Balaban J connectivity index is 1.60. The fraction of sp³-hybridized carbons (Fsp3) is 0.115. The molecule has 4 aromatic carbocycles. The van der Waals surface area contributed by atoms with Crippen LogP contribution in [0.15, 0.2) is 103 Å². The van der Waals surface area contributed by atoms with Crippen LogP contribution in [0.1, 0.15) is 16.7 Å². The van der Waals surface area contributed by atoms with E-state index in [0.29, 0.717) is 19.5 Å². The van der Waals surface area contributed by atoms with Crippen molar-refractivity contribution in [2.24, 2.45) is 0 Å². The molecule has 0 aliphatic rings. The second-order valence-corrected chi connectivity index (χ2v) is 7.04. The molecule has 0 saturated carbocycles. The zero-order valence-electron chi connectivity index (χ0n) is 15.8. The van der Waals surface area contributed by atoms with Crippen molar-refractivity contribution in [2.75, 3.05) is 0 Å². The number of benzene rings is 4.